The summed E-state index contributed by atoms with van der Waals surface area (Å²) in [6.45, 7) is 2.15. The lowest BCUT2D eigenvalue weighted by molar-refractivity contribution is 0.0691. The Morgan fingerprint density at radius 1 is 1.25 bits per heavy atom. The zero-order chi connectivity index (χ0) is 12.5. The number of rotatable bonds is 3. The second-order valence-electron chi connectivity index (χ2n) is 2.73. The second kappa shape index (κ2) is 5.89. The molecule has 0 bridgehead atoms. The predicted molar refractivity (Wildman–Crippen MR) is 84.4 cm³/mol. The van der Waals surface area contributed by atoms with Crippen LogP contribution in [0.1, 0.15) is 17.3 Å². The van der Waals surface area contributed by atoms with Gasteiger partial charge in [0, 0.05) is 7.14 Å². The maximum atomic E-state index is 11.0. The molecule has 7 heteroatoms. The minimum Gasteiger partial charge on any atom is -0.504 e. The van der Waals surface area contributed by atoms with Crippen molar-refractivity contribution in [3.05, 3.63) is 16.3 Å². The summed E-state index contributed by atoms with van der Waals surface area (Å²) in [6.07, 6.45) is 0. The number of ether oxygens (including phenoxy) is 1. The third-order valence-electron chi connectivity index (χ3n) is 1.76. The molecule has 0 saturated heterocycles. The summed E-state index contributed by atoms with van der Waals surface area (Å²) in [5.74, 6) is -1.22. The highest BCUT2D eigenvalue weighted by molar-refractivity contribution is 14.1. The van der Waals surface area contributed by atoms with Gasteiger partial charge < -0.3 is 14.9 Å². The van der Waals surface area contributed by atoms with E-state index in [4.69, 9.17) is 9.84 Å². The van der Waals surface area contributed by atoms with Crippen molar-refractivity contribution in [2.24, 2.45) is 0 Å². The predicted octanol–water partition coefficient (Wildman–Crippen LogP) is 3.30. The van der Waals surface area contributed by atoms with Gasteiger partial charge in [-0.05, 0) is 74.7 Å². The number of carboxylic acid groups (broad SMARTS) is 1. The SMILES string of the molecule is CCOc1c(O)c(C(=O)O)c(I)c(I)c1I. The van der Waals surface area contributed by atoms with Crippen molar-refractivity contribution < 1.29 is 19.7 Å². The summed E-state index contributed by atoms with van der Waals surface area (Å²) in [5.41, 5.74) is -0.103. The number of aromatic hydroxyl groups is 1. The van der Waals surface area contributed by atoms with E-state index < -0.39 is 5.97 Å². The average molecular weight is 560 g/mol. The van der Waals surface area contributed by atoms with Crippen LogP contribution in [0.5, 0.6) is 11.5 Å². The molecule has 0 aliphatic heterocycles. The Morgan fingerprint density at radius 3 is 2.25 bits per heavy atom. The smallest absolute Gasteiger partial charge is 0.340 e. The molecule has 0 heterocycles. The molecule has 0 amide bonds. The van der Waals surface area contributed by atoms with Crippen LogP contribution in [-0.2, 0) is 0 Å². The summed E-state index contributed by atoms with van der Waals surface area (Å²) in [5, 5.41) is 18.9. The molecule has 1 rings (SSSR count). The van der Waals surface area contributed by atoms with Crippen LogP contribution in [0, 0.1) is 10.7 Å². The highest BCUT2D eigenvalue weighted by atomic mass is 127. The van der Waals surface area contributed by atoms with E-state index in [9.17, 15) is 9.90 Å². The molecular weight excluding hydrogens is 553 g/mol. The zero-order valence-electron chi connectivity index (χ0n) is 8.05. The Bertz CT molecular complexity index is 445. The lowest BCUT2D eigenvalue weighted by Crippen LogP contribution is -2.07. The maximum Gasteiger partial charge on any atom is 0.340 e. The van der Waals surface area contributed by atoms with Gasteiger partial charge in [0.25, 0.3) is 0 Å². The second-order valence-corrected chi connectivity index (χ2v) is 5.97. The zero-order valence-corrected chi connectivity index (χ0v) is 14.5. The Kier molecular flexibility index (Phi) is 5.35. The van der Waals surface area contributed by atoms with Gasteiger partial charge in [0.15, 0.2) is 11.5 Å². The van der Waals surface area contributed by atoms with Crippen LogP contribution in [0.2, 0.25) is 0 Å². The largest absolute Gasteiger partial charge is 0.504 e. The quantitative estimate of drug-likeness (QED) is 0.441. The van der Waals surface area contributed by atoms with Crippen molar-refractivity contribution in [2.75, 3.05) is 6.61 Å². The van der Waals surface area contributed by atoms with Gasteiger partial charge in [-0.3, -0.25) is 0 Å². The molecule has 0 spiro atoms. The monoisotopic (exact) mass is 560 g/mol. The van der Waals surface area contributed by atoms with Gasteiger partial charge in [-0.1, -0.05) is 0 Å². The van der Waals surface area contributed by atoms with E-state index in [-0.39, 0.29) is 17.1 Å². The van der Waals surface area contributed by atoms with E-state index in [1.54, 1.807) is 6.92 Å². The summed E-state index contributed by atoms with van der Waals surface area (Å²) < 4.78 is 7.29. The van der Waals surface area contributed by atoms with Gasteiger partial charge in [0.05, 0.1) is 10.2 Å². The lowest BCUT2D eigenvalue weighted by Gasteiger charge is -2.14. The molecule has 0 unspecified atom stereocenters. The summed E-state index contributed by atoms with van der Waals surface area (Å²) in [4.78, 5) is 11.0. The first-order valence-electron chi connectivity index (χ1n) is 4.17. The van der Waals surface area contributed by atoms with Crippen molar-refractivity contribution in [3.63, 3.8) is 0 Å². The van der Waals surface area contributed by atoms with Crippen molar-refractivity contribution in [1.29, 1.82) is 0 Å². The number of carboxylic acids is 1. The fourth-order valence-corrected chi connectivity index (χ4v) is 3.57. The van der Waals surface area contributed by atoms with Crippen LogP contribution in [0.3, 0.4) is 0 Å². The third kappa shape index (κ3) is 2.66. The molecule has 0 aliphatic carbocycles. The molecule has 1 aromatic rings. The van der Waals surface area contributed by atoms with Crippen molar-refractivity contribution in [2.45, 2.75) is 6.92 Å². The van der Waals surface area contributed by atoms with Gasteiger partial charge in [-0.2, -0.15) is 0 Å². The van der Waals surface area contributed by atoms with Crippen LogP contribution in [0.25, 0.3) is 0 Å². The molecule has 2 N–H and O–H groups in total. The van der Waals surface area contributed by atoms with E-state index >= 15 is 0 Å². The van der Waals surface area contributed by atoms with Gasteiger partial charge in [-0.15, -0.1) is 0 Å². The normalized spacial score (nSPS) is 10.2. The maximum absolute atomic E-state index is 11.0. The molecule has 4 nitrogen and oxygen atoms in total. The van der Waals surface area contributed by atoms with Crippen LogP contribution in [0.15, 0.2) is 0 Å². The highest BCUT2D eigenvalue weighted by Gasteiger charge is 2.25. The number of hydrogen-bond acceptors (Lipinski definition) is 3. The van der Waals surface area contributed by atoms with Crippen LogP contribution in [0.4, 0.5) is 0 Å². The fourth-order valence-electron chi connectivity index (χ4n) is 1.10. The Hall–Kier alpha value is 0.480. The van der Waals surface area contributed by atoms with E-state index in [0.717, 1.165) is 7.14 Å². The Balaban J connectivity index is 3.58. The highest BCUT2D eigenvalue weighted by Crippen LogP contribution is 2.41. The number of aromatic carboxylic acids is 1. The van der Waals surface area contributed by atoms with E-state index in [1.165, 1.54) is 0 Å². The molecule has 88 valence electrons. The molecule has 0 aliphatic rings. The number of hydrogen-bond donors (Lipinski definition) is 2. The number of halogens is 3. The van der Waals surface area contributed by atoms with Crippen molar-refractivity contribution >= 4 is 73.7 Å². The third-order valence-corrected chi connectivity index (χ3v) is 7.01. The molecule has 1 aromatic carbocycles. The topological polar surface area (TPSA) is 66.8 Å². The van der Waals surface area contributed by atoms with Crippen LogP contribution >= 0.6 is 67.8 Å². The fraction of sp³-hybridized carbons (Fsp3) is 0.222. The van der Waals surface area contributed by atoms with Crippen molar-refractivity contribution in [3.8, 4) is 11.5 Å². The first-order chi connectivity index (χ1) is 7.41. The van der Waals surface area contributed by atoms with Crippen LogP contribution in [-0.4, -0.2) is 22.8 Å². The molecule has 0 saturated carbocycles. The molecule has 16 heavy (non-hydrogen) atoms. The Morgan fingerprint density at radius 2 is 1.81 bits per heavy atom. The average Bonchev–Trinajstić information content (AvgIpc) is 2.21. The van der Waals surface area contributed by atoms with E-state index in [0.29, 0.717) is 10.2 Å². The minimum atomic E-state index is -1.16. The first-order valence-corrected chi connectivity index (χ1v) is 7.40. The molecule has 0 aromatic heterocycles. The molecule has 0 radical (unpaired) electrons. The van der Waals surface area contributed by atoms with Gasteiger partial charge >= 0.3 is 5.97 Å². The number of phenols is 1. The van der Waals surface area contributed by atoms with Crippen LogP contribution < -0.4 is 4.74 Å². The Labute approximate surface area is 133 Å². The first kappa shape index (κ1) is 14.5. The summed E-state index contributed by atoms with van der Waals surface area (Å²) in [6, 6.07) is 0. The molecule has 0 atom stereocenters. The summed E-state index contributed by atoms with van der Waals surface area (Å²) in [7, 11) is 0. The molecule has 0 fully saturated rings. The minimum absolute atomic E-state index is 0.103. The van der Waals surface area contributed by atoms with Gasteiger partial charge in [0.1, 0.15) is 5.56 Å². The van der Waals surface area contributed by atoms with Crippen molar-refractivity contribution in [1.82, 2.24) is 0 Å². The molecular formula is C9H7I3O4. The lowest BCUT2D eigenvalue weighted by atomic mass is 10.2. The summed E-state index contributed by atoms with van der Waals surface area (Å²) >= 11 is 5.98. The van der Waals surface area contributed by atoms with E-state index in [2.05, 4.69) is 0 Å². The standard InChI is InChI=1S/C9H7I3O4/c1-2-16-8-6(12)5(11)4(10)3(7(8)13)9(14)15/h13H,2H2,1H3,(H,14,15). The van der Waals surface area contributed by atoms with Gasteiger partial charge in [0.2, 0.25) is 0 Å². The van der Waals surface area contributed by atoms with E-state index in [1.807, 2.05) is 67.8 Å². The number of carbonyl (C=O) groups is 1. The van der Waals surface area contributed by atoms with Gasteiger partial charge in [-0.25, -0.2) is 4.79 Å². The number of benzene rings is 1.